The number of unbranched alkanes of at least 4 members (excludes halogenated alkanes) is 1. The number of rotatable bonds is 7. The van der Waals surface area contributed by atoms with Gasteiger partial charge in [-0.2, -0.15) is 0 Å². The number of hydrogen-bond acceptors (Lipinski definition) is 6. The van der Waals surface area contributed by atoms with Gasteiger partial charge in [0.25, 0.3) is 0 Å². The molecule has 0 aromatic carbocycles. The quantitative estimate of drug-likeness (QED) is 0.270. The summed E-state index contributed by atoms with van der Waals surface area (Å²) in [5.74, 6) is 1.58. The third-order valence-corrected chi connectivity index (χ3v) is 4.96. The molecule has 3 heterocycles. The van der Waals surface area contributed by atoms with Crippen molar-refractivity contribution in [2.24, 2.45) is 10.7 Å². The highest BCUT2D eigenvalue weighted by molar-refractivity contribution is 14.0. The highest BCUT2D eigenvalue weighted by atomic mass is 127. The predicted octanol–water partition coefficient (Wildman–Crippen LogP) is 2.49. The zero-order valence-corrected chi connectivity index (χ0v) is 17.9. The number of nitrogens with zero attached hydrogens (tertiary/aromatic N) is 5. The van der Waals surface area contributed by atoms with Gasteiger partial charge in [-0.25, -0.2) is 9.97 Å². The number of hydrogen-bond donors (Lipinski definition) is 2. The van der Waals surface area contributed by atoms with Gasteiger partial charge in [0.2, 0.25) is 0 Å². The van der Waals surface area contributed by atoms with E-state index < -0.39 is 0 Å². The maximum Gasteiger partial charge on any atom is 0.191 e. The summed E-state index contributed by atoms with van der Waals surface area (Å²) in [6, 6.07) is 5.87. The Morgan fingerprint density at radius 1 is 1.15 bits per heavy atom. The van der Waals surface area contributed by atoms with E-state index in [1.807, 2.05) is 29.8 Å². The zero-order valence-electron chi connectivity index (χ0n) is 14.8. The highest BCUT2D eigenvalue weighted by Crippen LogP contribution is 2.18. The molecule has 7 nitrogen and oxygen atoms in total. The lowest BCUT2D eigenvalue weighted by molar-refractivity contribution is 0.380. The summed E-state index contributed by atoms with van der Waals surface area (Å²) in [5.41, 5.74) is 6.14. The molecular weight excluding hydrogens is 461 g/mol. The van der Waals surface area contributed by atoms with Crippen LogP contribution >= 0.6 is 35.3 Å². The van der Waals surface area contributed by atoms with Gasteiger partial charge < -0.3 is 20.9 Å². The SMILES string of the molecule is I.NC(=NCCCCNc1ccccn1)N1CCN(c2nccs2)CC1. The number of guanidine groups is 1. The second kappa shape index (κ2) is 11.2. The minimum absolute atomic E-state index is 0. The number of nitrogens with two attached hydrogens (primary N) is 1. The van der Waals surface area contributed by atoms with E-state index in [0.717, 1.165) is 63.1 Å². The van der Waals surface area contributed by atoms with E-state index in [2.05, 4.69) is 30.1 Å². The molecule has 3 rings (SSSR count). The van der Waals surface area contributed by atoms with Crippen molar-refractivity contribution in [2.45, 2.75) is 12.8 Å². The van der Waals surface area contributed by atoms with Gasteiger partial charge in [-0.15, -0.1) is 35.3 Å². The molecule has 0 unspecified atom stereocenters. The van der Waals surface area contributed by atoms with Crippen LogP contribution in [-0.4, -0.2) is 60.1 Å². The maximum absolute atomic E-state index is 6.14. The van der Waals surface area contributed by atoms with Crippen molar-refractivity contribution in [3.05, 3.63) is 36.0 Å². The molecule has 9 heteroatoms. The first-order valence-corrected chi connectivity index (χ1v) is 9.55. The molecule has 0 radical (unpaired) electrons. The molecule has 0 aliphatic carbocycles. The summed E-state index contributed by atoms with van der Waals surface area (Å²) < 4.78 is 0. The minimum Gasteiger partial charge on any atom is -0.370 e. The first-order valence-electron chi connectivity index (χ1n) is 8.67. The van der Waals surface area contributed by atoms with E-state index in [1.165, 1.54) is 0 Å². The predicted molar refractivity (Wildman–Crippen MR) is 120 cm³/mol. The van der Waals surface area contributed by atoms with Crippen LogP contribution in [0, 0.1) is 0 Å². The molecule has 3 N–H and O–H groups in total. The molecule has 1 aliphatic rings. The van der Waals surface area contributed by atoms with Gasteiger partial charge in [0.15, 0.2) is 11.1 Å². The van der Waals surface area contributed by atoms with E-state index >= 15 is 0 Å². The third-order valence-electron chi connectivity index (χ3n) is 4.12. The number of thiazole rings is 1. The number of aliphatic imine (C=N–C) groups is 1. The summed E-state index contributed by atoms with van der Waals surface area (Å²) in [4.78, 5) is 17.6. The largest absolute Gasteiger partial charge is 0.370 e. The number of anilines is 2. The van der Waals surface area contributed by atoms with Crippen molar-refractivity contribution in [1.29, 1.82) is 0 Å². The van der Waals surface area contributed by atoms with Crippen LogP contribution in [0.4, 0.5) is 10.9 Å². The van der Waals surface area contributed by atoms with Crippen molar-refractivity contribution >= 4 is 52.2 Å². The second-order valence-corrected chi connectivity index (χ2v) is 6.75. The normalized spacial score (nSPS) is 14.8. The minimum atomic E-state index is 0. The standard InChI is InChI=1S/C17H25N7S.HI/c18-16(21-8-4-3-7-20-15-5-1-2-6-19-15)23-10-12-24(13-11-23)17-22-9-14-25-17;/h1-2,5-6,9,14H,3-4,7-8,10-13H2,(H2,18,21)(H,19,20);1H. The van der Waals surface area contributed by atoms with Gasteiger partial charge in [-0.3, -0.25) is 4.99 Å². The van der Waals surface area contributed by atoms with Crippen LogP contribution in [0.25, 0.3) is 0 Å². The lowest BCUT2D eigenvalue weighted by atomic mass is 10.3. The number of halogens is 1. The van der Waals surface area contributed by atoms with E-state index in [9.17, 15) is 0 Å². The van der Waals surface area contributed by atoms with Crippen molar-refractivity contribution in [1.82, 2.24) is 14.9 Å². The fourth-order valence-electron chi connectivity index (χ4n) is 2.71. The van der Waals surface area contributed by atoms with E-state index in [0.29, 0.717) is 5.96 Å². The summed E-state index contributed by atoms with van der Waals surface area (Å²) >= 11 is 1.68. The third kappa shape index (κ3) is 6.27. The molecule has 2 aromatic heterocycles. The first-order chi connectivity index (χ1) is 12.3. The summed E-state index contributed by atoms with van der Waals surface area (Å²) in [6.07, 6.45) is 5.71. The molecule has 142 valence electrons. The number of nitrogens with one attached hydrogen (secondary N) is 1. The molecule has 2 aromatic rings. The van der Waals surface area contributed by atoms with Crippen LogP contribution < -0.4 is 16.0 Å². The average Bonchev–Trinajstić information content (AvgIpc) is 3.20. The van der Waals surface area contributed by atoms with Crippen LogP contribution in [0.3, 0.4) is 0 Å². The fourth-order valence-corrected chi connectivity index (χ4v) is 3.41. The monoisotopic (exact) mass is 487 g/mol. The Hall–Kier alpha value is -1.62. The van der Waals surface area contributed by atoms with E-state index in [4.69, 9.17) is 5.73 Å². The Bertz CT molecular complexity index is 642. The molecule has 1 fully saturated rings. The van der Waals surface area contributed by atoms with Crippen molar-refractivity contribution in [3.63, 3.8) is 0 Å². The van der Waals surface area contributed by atoms with E-state index in [-0.39, 0.29) is 24.0 Å². The molecule has 1 saturated heterocycles. The van der Waals surface area contributed by atoms with Gasteiger partial charge >= 0.3 is 0 Å². The maximum atomic E-state index is 6.14. The van der Waals surface area contributed by atoms with Crippen molar-refractivity contribution in [3.8, 4) is 0 Å². The van der Waals surface area contributed by atoms with Gasteiger partial charge in [0.1, 0.15) is 5.82 Å². The Kier molecular flexibility index (Phi) is 8.89. The molecule has 0 amide bonds. The van der Waals surface area contributed by atoms with Crippen LogP contribution in [0.2, 0.25) is 0 Å². The molecule has 1 aliphatic heterocycles. The number of piperazine rings is 1. The van der Waals surface area contributed by atoms with Crippen LogP contribution in [0.5, 0.6) is 0 Å². The Morgan fingerprint density at radius 3 is 2.69 bits per heavy atom. The first kappa shape index (κ1) is 20.7. The van der Waals surface area contributed by atoms with Gasteiger partial charge in [-0.05, 0) is 25.0 Å². The molecule has 0 spiro atoms. The smallest absolute Gasteiger partial charge is 0.191 e. The Morgan fingerprint density at radius 2 is 2.00 bits per heavy atom. The highest BCUT2D eigenvalue weighted by Gasteiger charge is 2.19. The number of pyridine rings is 1. The van der Waals surface area contributed by atoms with Crippen LogP contribution in [0.15, 0.2) is 41.0 Å². The lowest BCUT2D eigenvalue weighted by Crippen LogP contribution is -2.51. The topological polar surface area (TPSA) is 82.7 Å². The summed E-state index contributed by atoms with van der Waals surface area (Å²) in [6.45, 7) is 5.35. The molecular formula is C17H26IN7S. The Balaban J connectivity index is 0.00000243. The van der Waals surface area contributed by atoms with Crippen molar-refractivity contribution < 1.29 is 0 Å². The van der Waals surface area contributed by atoms with Gasteiger partial charge in [0.05, 0.1) is 0 Å². The van der Waals surface area contributed by atoms with Crippen LogP contribution in [-0.2, 0) is 0 Å². The second-order valence-electron chi connectivity index (χ2n) is 5.88. The summed E-state index contributed by atoms with van der Waals surface area (Å²) in [5, 5.41) is 6.41. The number of aromatic nitrogens is 2. The van der Waals surface area contributed by atoms with Gasteiger partial charge in [-0.1, -0.05) is 6.07 Å². The van der Waals surface area contributed by atoms with Gasteiger partial charge in [0, 0.05) is 57.0 Å². The summed E-state index contributed by atoms with van der Waals surface area (Å²) in [7, 11) is 0. The lowest BCUT2D eigenvalue weighted by Gasteiger charge is -2.35. The molecule has 0 bridgehead atoms. The van der Waals surface area contributed by atoms with E-state index in [1.54, 1.807) is 17.5 Å². The molecule has 0 saturated carbocycles. The van der Waals surface area contributed by atoms with Crippen molar-refractivity contribution in [2.75, 3.05) is 49.5 Å². The van der Waals surface area contributed by atoms with Crippen LogP contribution in [0.1, 0.15) is 12.8 Å². The average molecular weight is 487 g/mol. The molecule has 0 atom stereocenters. The zero-order chi connectivity index (χ0) is 17.3. The molecule has 26 heavy (non-hydrogen) atoms. The fraction of sp³-hybridized carbons (Fsp3) is 0.471. The Labute approximate surface area is 175 Å².